The second kappa shape index (κ2) is 6.23. The molecule has 0 aliphatic carbocycles. The maximum Gasteiger partial charge on any atom is 0.132 e. The molecule has 1 aromatic carbocycles. The van der Waals surface area contributed by atoms with Crippen molar-refractivity contribution < 1.29 is 4.74 Å². The summed E-state index contributed by atoms with van der Waals surface area (Å²) in [6, 6.07) is 9.93. The summed E-state index contributed by atoms with van der Waals surface area (Å²) in [6.45, 7) is 4.63. The molecule has 5 nitrogen and oxygen atoms in total. The predicted octanol–water partition coefficient (Wildman–Crippen LogP) is 2.52. The fourth-order valence-corrected chi connectivity index (χ4v) is 1.82. The molecule has 5 heteroatoms. The summed E-state index contributed by atoms with van der Waals surface area (Å²) in [5, 5.41) is 11.7. The zero-order chi connectivity index (χ0) is 14.5. The molecular formula is C15H20N4O. The molecule has 0 unspecified atom stereocenters. The lowest BCUT2D eigenvalue weighted by atomic mass is 10.1. The Labute approximate surface area is 118 Å². The van der Waals surface area contributed by atoms with Crippen molar-refractivity contribution in [3.8, 4) is 5.75 Å². The van der Waals surface area contributed by atoms with Gasteiger partial charge in [-0.1, -0.05) is 12.1 Å². The van der Waals surface area contributed by atoms with Crippen LogP contribution in [0.2, 0.25) is 0 Å². The Morgan fingerprint density at radius 2 is 2.00 bits per heavy atom. The van der Waals surface area contributed by atoms with Gasteiger partial charge >= 0.3 is 0 Å². The number of nitrogens with one attached hydrogen (secondary N) is 1. The first-order valence-corrected chi connectivity index (χ1v) is 6.63. The molecule has 3 N–H and O–H groups in total. The van der Waals surface area contributed by atoms with E-state index in [-0.39, 0.29) is 5.84 Å². The lowest BCUT2D eigenvalue weighted by Crippen LogP contribution is -2.12. The summed E-state index contributed by atoms with van der Waals surface area (Å²) in [6.07, 6.45) is 2.43. The number of nitrogens with zero attached hydrogens (tertiary/aromatic N) is 2. The topological polar surface area (TPSA) is 76.9 Å². The minimum absolute atomic E-state index is 0.165. The molecule has 0 bridgehead atoms. The van der Waals surface area contributed by atoms with Crippen LogP contribution in [0.1, 0.15) is 31.1 Å². The molecule has 0 saturated carbocycles. The van der Waals surface area contributed by atoms with E-state index in [0.29, 0.717) is 19.1 Å². The van der Waals surface area contributed by atoms with E-state index in [1.807, 2.05) is 41.2 Å². The molecule has 2 aromatic rings. The number of amidine groups is 1. The van der Waals surface area contributed by atoms with Gasteiger partial charge in [0, 0.05) is 18.7 Å². The molecule has 1 heterocycles. The molecule has 1 aromatic heterocycles. The SMILES string of the molecule is CC(C)n1ccc(COc2ccc(CC(=N)N)cc2)n1. The van der Waals surface area contributed by atoms with Crippen molar-refractivity contribution >= 4 is 5.84 Å². The normalized spacial score (nSPS) is 10.8. The molecule has 106 valence electrons. The van der Waals surface area contributed by atoms with Crippen molar-refractivity contribution in [3.05, 3.63) is 47.8 Å². The van der Waals surface area contributed by atoms with Crippen molar-refractivity contribution in [3.63, 3.8) is 0 Å². The molecule has 0 atom stereocenters. The minimum Gasteiger partial charge on any atom is -0.487 e. The summed E-state index contributed by atoms with van der Waals surface area (Å²) in [4.78, 5) is 0. The van der Waals surface area contributed by atoms with Gasteiger partial charge in [0.1, 0.15) is 12.4 Å². The molecule has 0 spiro atoms. The lowest BCUT2D eigenvalue weighted by molar-refractivity contribution is 0.298. The van der Waals surface area contributed by atoms with E-state index in [2.05, 4.69) is 18.9 Å². The smallest absolute Gasteiger partial charge is 0.132 e. The second-order valence-electron chi connectivity index (χ2n) is 5.02. The van der Waals surface area contributed by atoms with Crippen LogP contribution in [0.4, 0.5) is 0 Å². The highest BCUT2D eigenvalue weighted by Crippen LogP contribution is 2.14. The molecule has 0 aliphatic heterocycles. The van der Waals surface area contributed by atoms with Gasteiger partial charge in [0.15, 0.2) is 0 Å². The van der Waals surface area contributed by atoms with Crippen LogP contribution < -0.4 is 10.5 Å². The van der Waals surface area contributed by atoms with Gasteiger partial charge in [-0.3, -0.25) is 10.1 Å². The summed E-state index contributed by atoms with van der Waals surface area (Å²) >= 11 is 0. The molecule has 0 amide bonds. The third-order valence-corrected chi connectivity index (χ3v) is 2.90. The number of hydrogen-bond acceptors (Lipinski definition) is 3. The third kappa shape index (κ3) is 3.85. The quantitative estimate of drug-likeness (QED) is 0.626. The van der Waals surface area contributed by atoms with Crippen LogP contribution >= 0.6 is 0 Å². The van der Waals surface area contributed by atoms with Crippen molar-refractivity contribution in [2.45, 2.75) is 32.9 Å². The molecule has 0 aliphatic rings. The Morgan fingerprint density at radius 1 is 1.30 bits per heavy atom. The Kier molecular flexibility index (Phi) is 4.40. The van der Waals surface area contributed by atoms with Crippen LogP contribution in [0.5, 0.6) is 5.75 Å². The van der Waals surface area contributed by atoms with Gasteiger partial charge in [0.2, 0.25) is 0 Å². The van der Waals surface area contributed by atoms with Crippen LogP contribution in [0.3, 0.4) is 0 Å². The largest absolute Gasteiger partial charge is 0.487 e. The monoisotopic (exact) mass is 272 g/mol. The zero-order valence-corrected chi connectivity index (χ0v) is 11.8. The van der Waals surface area contributed by atoms with Crippen LogP contribution in [0, 0.1) is 5.41 Å². The van der Waals surface area contributed by atoms with E-state index in [0.717, 1.165) is 17.0 Å². The lowest BCUT2D eigenvalue weighted by Gasteiger charge is -2.06. The minimum atomic E-state index is 0.165. The number of hydrogen-bond donors (Lipinski definition) is 2. The van der Waals surface area contributed by atoms with Crippen LogP contribution in [-0.4, -0.2) is 15.6 Å². The van der Waals surface area contributed by atoms with Gasteiger partial charge in [-0.05, 0) is 37.6 Å². The van der Waals surface area contributed by atoms with Gasteiger partial charge in [-0.15, -0.1) is 0 Å². The zero-order valence-electron chi connectivity index (χ0n) is 11.8. The van der Waals surface area contributed by atoms with Crippen molar-refractivity contribution in [1.82, 2.24) is 9.78 Å². The number of ether oxygens (including phenoxy) is 1. The highest BCUT2D eigenvalue weighted by Gasteiger charge is 2.03. The van der Waals surface area contributed by atoms with Gasteiger partial charge in [-0.2, -0.15) is 5.10 Å². The Bertz CT molecular complexity index is 572. The molecule has 2 rings (SSSR count). The van der Waals surface area contributed by atoms with Crippen LogP contribution in [0.15, 0.2) is 36.5 Å². The fourth-order valence-electron chi connectivity index (χ4n) is 1.82. The van der Waals surface area contributed by atoms with Gasteiger partial charge in [-0.25, -0.2) is 0 Å². The third-order valence-electron chi connectivity index (χ3n) is 2.90. The molecular weight excluding hydrogens is 252 g/mol. The fraction of sp³-hybridized carbons (Fsp3) is 0.333. The number of rotatable bonds is 6. The average Bonchev–Trinajstić information content (AvgIpc) is 2.86. The van der Waals surface area contributed by atoms with E-state index in [4.69, 9.17) is 15.9 Å². The molecule has 0 saturated heterocycles. The van der Waals surface area contributed by atoms with E-state index < -0.39 is 0 Å². The van der Waals surface area contributed by atoms with Crippen molar-refractivity contribution in [2.24, 2.45) is 5.73 Å². The van der Waals surface area contributed by atoms with Gasteiger partial charge in [0.05, 0.1) is 11.5 Å². The highest BCUT2D eigenvalue weighted by atomic mass is 16.5. The van der Waals surface area contributed by atoms with Crippen molar-refractivity contribution in [2.75, 3.05) is 0 Å². The number of benzene rings is 1. The van der Waals surface area contributed by atoms with Crippen LogP contribution in [-0.2, 0) is 13.0 Å². The van der Waals surface area contributed by atoms with Gasteiger partial charge in [0.25, 0.3) is 0 Å². The summed E-state index contributed by atoms with van der Waals surface area (Å²) < 4.78 is 7.60. The first kappa shape index (κ1) is 14.1. The Hall–Kier alpha value is -2.30. The Morgan fingerprint density at radius 3 is 2.55 bits per heavy atom. The first-order valence-electron chi connectivity index (χ1n) is 6.63. The Balaban J connectivity index is 1.91. The van der Waals surface area contributed by atoms with E-state index in [1.54, 1.807) is 0 Å². The maximum absolute atomic E-state index is 7.25. The summed E-state index contributed by atoms with van der Waals surface area (Å²) in [7, 11) is 0. The average molecular weight is 272 g/mol. The number of nitrogens with two attached hydrogens (primary N) is 1. The molecule has 20 heavy (non-hydrogen) atoms. The predicted molar refractivity (Wildman–Crippen MR) is 79.0 cm³/mol. The summed E-state index contributed by atoms with van der Waals surface area (Å²) in [5.41, 5.74) is 7.28. The van der Waals surface area contributed by atoms with E-state index in [1.165, 1.54) is 0 Å². The van der Waals surface area contributed by atoms with Crippen molar-refractivity contribution in [1.29, 1.82) is 5.41 Å². The van der Waals surface area contributed by atoms with E-state index in [9.17, 15) is 0 Å². The van der Waals surface area contributed by atoms with Gasteiger partial charge < -0.3 is 10.5 Å². The molecule has 0 radical (unpaired) electrons. The maximum atomic E-state index is 7.25. The summed E-state index contributed by atoms with van der Waals surface area (Å²) in [5.74, 6) is 0.953. The number of aromatic nitrogens is 2. The standard InChI is InChI=1S/C15H20N4O/c1-11(2)19-8-7-13(18-19)10-20-14-5-3-12(4-6-14)9-15(16)17/h3-8,11H,9-10H2,1-2H3,(H3,16,17). The van der Waals surface area contributed by atoms with Crippen LogP contribution in [0.25, 0.3) is 0 Å². The second-order valence-corrected chi connectivity index (χ2v) is 5.02. The first-order chi connectivity index (χ1) is 9.54. The molecule has 0 fully saturated rings. The highest BCUT2D eigenvalue weighted by molar-refractivity contribution is 5.79. The van der Waals surface area contributed by atoms with E-state index >= 15 is 0 Å².